The van der Waals surface area contributed by atoms with Gasteiger partial charge in [-0.15, -0.1) is 10.2 Å². The van der Waals surface area contributed by atoms with Crippen molar-refractivity contribution in [2.45, 2.75) is 32.4 Å². The Morgan fingerprint density at radius 2 is 1.85 bits per heavy atom. The number of benzene rings is 1. The number of anilines is 1. The number of fused-ring (bicyclic) bond motifs is 1. The van der Waals surface area contributed by atoms with E-state index >= 15 is 0 Å². The van der Waals surface area contributed by atoms with Gasteiger partial charge < -0.3 is 4.90 Å². The number of rotatable bonds is 4. The molecule has 1 saturated heterocycles. The van der Waals surface area contributed by atoms with E-state index in [4.69, 9.17) is 23.2 Å². The summed E-state index contributed by atoms with van der Waals surface area (Å²) in [5.41, 5.74) is 7.15. The van der Waals surface area contributed by atoms with Crippen LogP contribution in [-0.2, 0) is 19.5 Å². The van der Waals surface area contributed by atoms with Crippen LogP contribution in [-0.4, -0.2) is 44.7 Å². The fraction of sp³-hybridized carbons (Fsp3) is 0.360. The minimum Gasteiger partial charge on any atom is -0.353 e. The number of hydrogen-bond acceptors (Lipinski definition) is 6. The minimum atomic E-state index is 0.133. The standard InChI is InChI=1S/C25H24Cl2N6/c26-22-23(29-24(27)31-30-22)33-15-25(16-33)11-18(12-25)10-19-6-8-28-21-7-9-32(14-20(19)21)13-17-4-2-1-3-5-17/h1-6,8,10H,7,9,11-16H2. The van der Waals surface area contributed by atoms with Gasteiger partial charge in [0.2, 0.25) is 5.28 Å². The molecule has 0 bridgehead atoms. The zero-order chi connectivity index (χ0) is 22.4. The van der Waals surface area contributed by atoms with Gasteiger partial charge in [-0.1, -0.05) is 53.6 Å². The highest BCUT2D eigenvalue weighted by molar-refractivity contribution is 6.32. The normalized spacial score (nSPS) is 19.1. The van der Waals surface area contributed by atoms with E-state index in [1.807, 2.05) is 6.20 Å². The van der Waals surface area contributed by atoms with Crippen molar-refractivity contribution in [2.24, 2.45) is 5.41 Å². The first-order valence-electron chi connectivity index (χ1n) is 11.3. The molecule has 2 fully saturated rings. The predicted octanol–water partition coefficient (Wildman–Crippen LogP) is 4.82. The maximum Gasteiger partial charge on any atom is 0.245 e. The van der Waals surface area contributed by atoms with Gasteiger partial charge in [0, 0.05) is 56.5 Å². The van der Waals surface area contributed by atoms with Gasteiger partial charge in [0.1, 0.15) is 0 Å². The predicted molar refractivity (Wildman–Crippen MR) is 130 cm³/mol. The highest BCUT2D eigenvalue weighted by Gasteiger charge is 2.50. The fourth-order valence-electron chi connectivity index (χ4n) is 5.49. The van der Waals surface area contributed by atoms with Gasteiger partial charge in [-0.25, -0.2) is 0 Å². The van der Waals surface area contributed by atoms with Crippen LogP contribution in [0.2, 0.25) is 10.4 Å². The summed E-state index contributed by atoms with van der Waals surface area (Å²) in [7, 11) is 0. The third kappa shape index (κ3) is 4.12. The van der Waals surface area contributed by atoms with Crippen molar-refractivity contribution in [3.8, 4) is 0 Å². The van der Waals surface area contributed by atoms with Gasteiger partial charge in [-0.3, -0.25) is 9.88 Å². The Bertz CT molecular complexity index is 1210. The van der Waals surface area contributed by atoms with Crippen LogP contribution in [0, 0.1) is 5.41 Å². The van der Waals surface area contributed by atoms with Crippen molar-refractivity contribution in [1.82, 2.24) is 25.1 Å². The van der Waals surface area contributed by atoms with Crippen molar-refractivity contribution in [2.75, 3.05) is 24.5 Å². The van der Waals surface area contributed by atoms with Crippen LogP contribution in [0.1, 0.15) is 35.2 Å². The van der Waals surface area contributed by atoms with Crippen LogP contribution in [0.5, 0.6) is 0 Å². The van der Waals surface area contributed by atoms with Crippen molar-refractivity contribution in [1.29, 1.82) is 0 Å². The Hall–Kier alpha value is -2.54. The van der Waals surface area contributed by atoms with Crippen LogP contribution in [0.25, 0.3) is 6.08 Å². The molecule has 0 radical (unpaired) electrons. The maximum atomic E-state index is 6.17. The highest BCUT2D eigenvalue weighted by atomic mass is 35.5. The highest BCUT2D eigenvalue weighted by Crippen LogP contribution is 2.53. The average Bonchev–Trinajstić information content (AvgIpc) is 2.77. The molecule has 6 nitrogen and oxygen atoms in total. The van der Waals surface area contributed by atoms with E-state index in [0.717, 1.165) is 52.0 Å². The zero-order valence-corrected chi connectivity index (χ0v) is 19.7. The van der Waals surface area contributed by atoms with Crippen molar-refractivity contribution < 1.29 is 0 Å². The van der Waals surface area contributed by atoms with Gasteiger partial charge >= 0.3 is 0 Å². The summed E-state index contributed by atoms with van der Waals surface area (Å²) in [6.07, 6.45) is 7.59. The fourth-order valence-corrected chi connectivity index (χ4v) is 5.80. The average molecular weight is 479 g/mol. The van der Waals surface area contributed by atoms with Crippen LogP contribution >= 0.6 is 23.2 Å². The number of hydrogen-bond donors (Lipinski definition) is 0. The van der Waals surface area contributed by atoms with E-state index in [-0.39, 0.29) is 5.28 Å². The van der Waals surface area contributed by atoms with Crippen LogP contribution in [0.3, 0.4) is 0 Å². The first kappa shape index (κ1) is 21.0. The van der Waals surface area contributed by atoms with Crippen LogP contribution in [0.15, 0.2) is 48.2 Å². The molecule has 0 unspecified atom stereocenters. The number of allylic oxidation sites excluding steroid dienone is 1. The van der Waals surface area contributed by atoms with Gasteiger partial charge in [-0.05, 0) is 47.2 Å². The lowest BCUT2D eigenvalue weighted by molar-refractivity contribution is 0.149. The van der Waals surface area contributed by atoms with Crippen LogP contribution < -0.4 is 4.90 Å². The van der Waals surface area contributed by atoms with Gasteiger partial charge in [0.25, 0.3) is 0 Å². The summed E-state index contributed by atoms with van der Waals surface area (Å²) >= 11 is 12.1. The third-order valence-corrected chi connectivity index (χ3v) is 7.40. The second-order valence-electron chi connectivity index (χ2n) is 9.48. The Labute approximate surface area is 203 Å². The second-order valence-corrected chi connectivity index (χ2v) is 10.2. The molecule has 0 atom stereocenters. The Morgan fingerprint density at radius 3 is 2.67 bits per heavy atom. The lowest BCUT2D eigenvalue weighted by Gasteiger charge is -2.57. The van der Waals surface area contributed by atoms with Gasteiger partial charge in [0.15, 0.2) is 11.0 Å². The molecule has 1 aliphatic carbocycles. The molecule has 6 rings (SSSR count). The molecule has 1 saturated carbocycles. The minimum absolute atomic E-state index is 0.133. The van der Waals surface area contributed by atoms with Crippen molar-refractivity contribution in [3.63, 3.8) is 0 Å². The van der Waals surface area contributed by atoms with E-state index in [2.05, 4.69) is 72.4 Å². The lowest BCUT2D eigenvalue weighted by Crippen LogP contribution is -2.60. The topological polar surface area (TPSA) is 58.0 Å². The van der Waals surface area contributed by atoms with E-state index in [0.29, 0.717) is 16.4 Å². The Kier molecular flexibility index (Phi) is 5.32. The van der Waals surface area contributed by atoms with E-state index in [9.17, 15) is 0 Å². The Balaban J connectivity index is 1.13. The third-order valence-electron chi connectivity index (χ3n) is 7.00. The van der Waals surface area contributed by atoms with E-state index in [1.165, 1.54) is 28.0 Å². The molecule has 2 aromatic heterocycles. The molecular formula is C25H24Cl2N6. The summed E-state index contributed by atoms with van der Waals surface area (Å²) < 4.78 is 0. The van der Waals surface area contributed by atoms with E-state index in [1.54, 1.807) is 0 Å². The number of pyridine rings is 1. The summed E-state index contributed by atoms with van der Waals surface area (Å²) in [6.45, 7) is 4.85. The lowest BCUT2D eigenvalue weighted by atomic mass is 9.60. The molecule has 1 spiro atoms. The summed E-state index contributed by atoms with van der Waals surface area (Å²) in [6, 6.07) is 12.9. The smallest absolute Gasteiger partial charge is 0.245 e. The Morgan fingerprint density at radius 1 is 1.03 bits per heavy atom. The first-order valence-corrected chi connectivity index (χ1v) is 12.1. The second kappa shape index (κ2) is 8.35. The van der Waals surface area contributed by atoms with Gasteiger partial charge in [0.05, 0.1) is 0 Å². The number of nitrogens with zero attached hydrogens (tertiary/aromatic N) is 6. The molecular weight excluding hydrogens is 455 g/mol. The SMILES string of the molecule is Clc1nnc(Cl)c(N2CC3(CC(=Cc4ccnc5c4CN(Cc4ccccc4)CC5)C3)C2)n1. The molecule has 1 aromatic carbocycles. The molecule has 8 heteroatoms. The quantitative estimate of drug-likeness (QED) is 0.535. The molecule has 3 aromatic rings. The van der Waals surface area contributed by atoms with Crippen molar-refractivity contribution in [3.05, 3.63) is 81.0 Å². The summed E-state index contributed by atoms with van der Waals surface area (Å²) in [5, 5.41) is 8.02. The molecule has 0 amide bonds. The molecule has 168 valence electrons. The monoisotopic (exact) mass is 478 g/mol. The first-order chi connectivity index (χ1) is 16.1. The molecule has 4 heterocycles. The summed E-state index contributed by atoms with van der Waals surface area (Å²) in [5.74, 6) is 0.640. The summed E-state index contributed by atoms with van der Waals surface area (Å²) in [4.78, 5) is 13.6. The maximum absolute atomic E-state index is 6.17. The largest absolute Gasteiger partial charge is 0.353 e. The van der Waals surface area contributed by atoms with Crippen molar-refractivity contribution >= 4 is 35.1 Å². The molecule has 33 heavy (non-hydrogen) atoms. The number of halogens is 2. The van der Waals surface area contributed by atoms with Gasteiger partial charge in [-0.2, -0.15) is 4.98 Å². The zero-order valence-electron chi connectivity index (χ0n) is 18.2. The number of aromatic nitrogens is 4. The van der Waals surface area contributed by atoms with E-state index < -0.39 is 0 Å². The van der Waals surface area contributed by atoms with Crippen LogP contribution in [0.4, 0.5) is 5.82 Å². The molecule has 0 N–H and O–H groups in total. The molecule has 2 aliphatic heterocycles. The molecule has 3 aliphatic rings.